The average Bonchev–Trinajstić information content (AvgIpc) is 2.48. The monoisotopic (exact) mass is 204 g/mol. The normalized spacial score (nSPS) is 17.3. The summed E-state index contributed by atoms with van der Waals surface area (Å²) in [7, 11) is 0. The molecule has 0 aromatic heterocycles. The molecule has 2 rings (SSSR count). The summed E-state index contributed by atoms with van der Waals surface area (Å²) in [5, 5.41) is 0. The second-order valence-electron chi connectivity index (χ2n) is 3.68. The van der Waals surface area contributed by atoms with Gasteiger partial charge in [-0.05, 0) is 42.7 Å². The van der Waals surface area contributed by atoms with Crippen molar-refractivity contribution in [2.45, 2.75) is 37.0 Å². The minimum absolute atomic E-state index is 1.27. The molecule has 0 bridgehead atoms. The zero-order valence-electron chi connectivity index (χ0n) is 8.41. The van der Waals surface area contributed by atoms with Crippen LogP contribution in [-0.2, 0) is 0 Å². The Labute approximate surface area is 90.4 Å². The molecule has 0 radical (unpaired) electrons. The Kier molecular flexibility index (Phi) is 3.70. The highest BCUT2D eigenvalue weighted by atomic mass is 32.2. The summed E-state index contributed by atoms with van der Waals surface area (Å²) in [6.07, 6.45) is 9.11. The third-order valence-corrected chi connectivity index (χ3v) is 3.63. The van der Waals surface area contributed by atoms with Gasteiger partial charge in [0, 0.05) is 4.90 Å². The van der Waals surface area contributed by atoms with Crippen LogP contribution >= 0.6 is 11.8 Å². The van der Waals surface area contributed by atoms with Crippen LogP contribution in [0.2, 0.25) is 0 Å². The van der Waals surface area contributed by atoms with Crippen molar-refractivity contribution in [3.05, 3.63) is 41.3 Å². The first-order chi connectivity index (χ1) is 6.95. The van der Waals surface area contributed by atoms with Crippen LogP contribution in [0.15, 0.2) is 46.2 Å². The Morgan fingerprint density at radius 3 is 2.64 bits per heavy atom. The maximum Gasteiger partial charge on any atom is 0.0118 e. The number of hydrogen-bond donors (Lipinski definition) is 0. The molecule has 14 heavy (non-hydrogen) atoms. The second-order valence-corrected chi connectivity index (χ2v) is 4.88. The quantitative estimate of drug-likeness (QED) is 0.677. The van der Waals surface area contributed by atoms with Gasteiger partial charge in [0.25, 0.3) is 0 Å². The van der Waals surface area contributed by atoms with Crippen LogP contribution in [0, 0.1) is 0 Å². The van der Waals surface area contributed by atoms with E-state index in [0.717, 1.165) is 0 Å². The van der Waals surface area contributed by atoms with Gasteiger partial charge in [0.15, 0.2) is 0 Å². The van der Waals surface area contributed by atoms with E-state index in [4.69, 9.17) is 0 Å². The van der Waals surface area contributed by atoms with Gasteiger partial charge in [0.1, 0.15) is 0 Å². The Morgan fingerprint density at radius 1 is 0.929 bits per heavy atom. The Hall–Kier alpha value is -0.690. The van der Waals surface area contributed by atoms with Crippen LogP contribution in [0.3, 0.4) is 0 Å². The van der Waals surface area contributed by atoms with Crippen LogP contribution in [0.1, 0.15) is 32.1 Å². The minimum Gasteiger partial charge on any atom is -0.0949 e. The Morgan fingerprint density at radius 2 is 1.79 bits per heavy atom. The van der Waals surface area contributed by atoms with Gasteiger partial charge in [-0.2, -0.15) is 0 Å². The lowest BCUT2D eigenvalue weighted by Crippen LogP contribution is -1.76. The zero-order valence-corrected chi connectivity index (χ0v) is 9.22. The van der Waals surface area contributed by atoms with Gasteiger partial charge in [-0.25, -0.2) is 0 Å². The number of thioether (sulfide) groups is 1. The van der Waals surface area contributed by atoms with E-state index < -0.39 is 0 Å². The molecule has 0 saturated carbocycles. The number of allylic oxidation sites excluding steroid dienone is 2. The molecule has 1 aliphatic rings. The highest BCUT2D eigenvalue weighted by Crippen LogP contribution is 2.32. The lowest BCUT2D eigenvalue weighted by molar-refractivity contribution is 0.716. The summed E-state index contributed by atoms with van der Waals surface area (Å²) in [4.78, 5) is 2.94. The van der Waals surface area contributed by atoms with E-state index in [1.165, 1.54) is 37.0 Å². The predicted octanol–water partition coefficient (Wildman–Crippen LogP) is 4.63. The molecule has 0 heterocycles. The molecule has 0 N–H and O–H groups in total. The fourth-order valence-electron chi connectivity index (χ4n) is 1.72. The Bertz CT molecular complexity index is 300. The van der Waals surface area contributed by atoms with Crippen LogP contribution in [0.4, 0.5) is 0 Å². The van der Waals surface area contributed by atoms with E-state index >= 15 is 0 Å². The first-order valence-electron chi connectivity index (χ1n) is 5.37. The highest BCUT2D eigenvalue weighted by Gasteiger charge is 2.03. The van der Waals surface area contributed by atoms with Crippen molar-refractivity contribution in [1.29, 1.82) is 0 Å². The van der Waals surface area contributed by atoms with Crippen LogP contribution in [0.5, 0.6) is 0 Å². The molecule has 0 saturated heterocycles. The van der Waals surface area contributed by atoms with E-state index in [0.29, 0.717) is 0 Å². The number of benzene rings is 1. The largest absolute Gasteiger partial charge is 0.0949 e. The summed E-state index contributed by atoms with van der Waals surface area (Å²) >= 11 is 1.94. The molecule has 0 fully saturated rings. The van der Waals surface area contributed by atoms with E-state index in [9.17, 15) is 0 Å². The molecule has 1 heteroatoms. The molecule has 1 aliphatic carbocycles. The van der Waals surface area contributed by atoms with Crippen LogP contribution in [-0.4, -0.2) is 0 Å². The summed E-state index contributed by atoms with van der Waals surface area (Å²) in [5.41, 5.74) is 0. The molecular weight excluding hydrogens is 188 g/mol. The minimum atomic E-state index is 1.27. The first kappa shape index (κ1) is 9.85. The smallest absolute Gasteiger partial charge is 0.0118 e. The van der Waals surface area contributed by atoms with Gasteiger partial charge in [-0.1, -0.05) is 42.5 Å². The van der Waals surface area contributed by atoms with Gasteiger partial charge in [0.05, 0.1) is 0 Å². The highest BCUT2D eigenvalue weighted by molar-refractivity contribution is 8.03. The van der Waals surface area contributed by atoms with Gasteiger partial charge in [-0.15, -0.1) is 0 Å². The lowest BCUT2D eigenvalue weighted by Gasteiger charge is -2.04. The standard InChI is InChI=1S/C13H16S/c1-2-5-9-12(8-4-1)14-13-10-6-3-7-11-13/h3,6-8,10-11H,1-2,4-5,9H2. The topological polar surface area (TPSA) is 0 Å². The van der Waals surface area contributed by atoms with Crippen molar-refractivity contribution in [3.8, 4) is 0 Å². The molecule has 0 amide bonds. The fraction of sp³-hybridized carbons (Fsp3) is 0.385. The number of rotatable bonds is 2. The molecule has 0 aliphatic heterocycles. The van der Waals surface area contributed by atoms with Gasteiger partial charge >= 0.3 is 0 Å². The molecular formula is C13H16S. The van der Waals surface area contributed by atoms with Crippen LogP contribution in [0.25, 0.3) is 0 Å². The molecule has 0 spiro atoms. The maximum absolute atomic E-state index is 2.42. The SMILES string of the molecule is C1=C(Sc2ccccc2)CCCCC1. The number of hydrogen-bond acceptors (Lipinski definition) is 1. The van der Waals surface area contributed by atoms with Crippen molar-refractivity contribution < 1.29 is 0 Å². The maximum atomic E-state index is 2.42. The van der Waals surface area contributed by atoms with Crippen molar-refractivity contribution in [2.24, 2.45) is 0 Å². The van der Waals surface area contributed by atoms with E-state index in [1.54, 1.807) is 4.91 Å². The van der Waals surface area contributed by atoms with Crippen LogP contribution < -0.4 is 0 Å². The van der Waals surface area contributed by atoms with Gasteiger partial charge < -0.3 is 0 Å². The van der Waals surface area contributed by atoms with Crippen molar-refractivity contribution in [2.75, 3.05) is 0 Å². The summed E-state index contributed by atoms with van der Waals surface area (Å²) in [5.74, 6) is 0. The van der Waals surface area contributed by atoms with E-state index in [-0.39, 0.29) is 0 Å². The first-order valence-corrected chi connectivity index (χ1v) is 6.19. The molecule has 0 unspecified atom stereocenters. The molecule has 0 nitrogen and oxygen atoms in total. The van der Waals surface area contributed by atoms with E-state index in [2.05, 4.69) is 36.4 Å². The third-order valence-electron chi connectivity index (χ3n) is 2.49. The fourth-order valence-corrected chi connectivity index (χ4v) is 2.76. The van der Waals surface area contributed by atoms with Crippen molar-refractivity contribution in [3.63, 3.8) is 0 Å². The van der Waals surface area contributed by atoms with Crippen molar-refractivity contribution in [1.82, 2.24) is 0 Å². The lowest BCUT2D eigenvalue weighted by atomic mass is 10.2. The summed E-state index contributed by atoms with van der Waals surface area (Å²) in [6, 6.07) is 10.7. The van der Waals surface area contributed by atoms with Crippen molar-refractivity contribution >= 4 is 11.8 Å². The third kappa shape index (κ3) is 2.91. The average molecular weight is 204 g/mol. The van der Waals surface area contributed by atoms with E-state index in [1.807, 2.05) is 11.8 Å². The van der Waals surface area contributed by atoms with Gasteiger partial charge in [-0.3, -0.25) is 0 Å². The summed E-state index contributed by atoms with van der Waals surface area (Å²) in [6.45, 7) is 0. The molecule has 1 aromatic carbocycles. The zero-order chi connectivity index (χ0) is 9.64. The molecule has 74 valence electrons. The molecule has 1 aromatic rings. The predicted molar refractivity (Wildman–Crippen MR) is 63.5 cm³/mol. The second kappa shape index (κ2) is 5.26. The van der Waals surface area contributed by atoms with Gasteiger partial charge in [0.2, 0.25) is 0 Å². The Balaban J connectivity index is 1.99. The summed E-state index contributed by atoms with van der Waals surface area (Å²) < 4.78 is 0. The molecule has 0 atom stereocenters.